The average molecular weight is 461 g/mol. The number of nitro groups is 1. The van der Waals surface area contributed by atoms with Crippen molar-refractivity contribution in [2.24, 2.45) is 0 Å². The molecule has 0 atom stereocenters. The van der Waals surface area contributed by atoms with Gasteiger partial charge in [0.25, 0.3) is 5.69 Å². The maximum absolute atomic E-state index is 10.7. The highest BCUT2D eigenvalue weighted by molar-refractivity contribution is 6.62. The molecule has 8 heteroatoms. The van der Waals surface area contributed by atoms with Gasteiger partial charge in [0.1, 0.15) is 24.7 Å². The van der Waals surface area contributed by atoms with Crippen LogP contribution in [-0.4, -0.2) is 23.2 Å². The first kappa shape index (κ1) is 23.8. The molecule has 7 nitrogen and oxygen atoms in total. The molecule has 0 aromatic heterocycles. The highest BCUT2D eigenvalue weighted by Crippen LogP contribution is 2.36. The van der Waals surface area contributed by atoms with Gasteiger partial charge in [-0.15, -0.1) is 0 Å². The van der Waals surface area contributed by atoms with E-state index in [1.54, 1.807) is 12.1 Å². The summed E-state index contributed by atoms with van der Waals surface area (Å²) in [5, 5.41) is 10.7. The molecule has 1 fully saturated rings. The fourth-order valence-electron chi connectivity index (χ4n) is 3.43. The molecular weight excluding hydrogens is 433 g/mol. The molecule has 176 valence electrons. The van der Waals surface area contributed by atoms with Crippen molar-refractivity contribution in [2.45, 2.75) is 52.1 Å². The zero-order valence-corrected chi connectivity index (χ0v) is 19.8. The zero-order valence-electron chi connectivity index (χ0n) is 19.8. The van der Waals surface area contributed by atoms with Crippen LogP contribution in [0.25, 0.3) is 0 Å². The Morgan fingerprint density at radius 1 is 0.735 bits per heavy atom. The summed E-state index contributed by atoms with van der Waals surface area (Å²) in [4.78, 5) is 10.3. The first-order valence-electron chi connectivity index (χ1n) is 11.2. The van der Waals surface area contributed by atoms with Crippen LogP contribution in [0.1, 0.15) is 38.8 Å². The number of non-ortho nitro benzene ring substituents is 1. The molecule has 0 unspecified atom stereocenters. The number of ether oxygens (including phenoxy) is 2. The molecule has 0 N–H and O–H groups in total. The van der Waals surface area contributed by atoms with Crippen molar-refractivity contribution >= 4 is 18.3 Å². The van der Waals surface area contributed by atoms with Crippen molar-refractivity contribution in [3.05, 3.63) is 94.0 Å². The fourth-order valence-corrected chi connectivity index (χ4v) is 3.43. The van der Waals surface area contributed by atoms with E-state index < -0.39 is 4.92 Å². The third kappa shape index (κ3) is 5.40. The van der Waals surface area contributed by atoms with E-state index in [1.807, 2.05) is 76.2 Å². The summed E-state index contributed by atoms with van der Waals surface area (Å²) in [5.41, 5.74) is 2.32. The van der Waals surface area contributed by atoms with Crippen LogP contribution in [0.4, 0.5) is 5.69 Å². The van der Waals surface area contributed by atoms with Crippen molar-refractivity contribution in [3.63, 3.8) is 0 Å². The van der Waals surface area contributed by atoms with Gasteiger partial charge in [-0.2, -0.15) is 0 Å². The second-order valence-corrected chi connectivity index (χ2v) is 9.30. The molecule has 3 aromatic rings. The van der Waals surface area contributed by atoms with Crippen molar-refractivity contribution in [1.29, 1.82) is 0 Å². The quantitative estimate of drug-likeness (QED) is 0.265. The van der Waals surface area contributed by atoms with E-state index in [0.717, 1.165) is 22.3 Å². The first-order chi connectivity index (χ1) is 16.1. The van der Waals surface area contributed by atoms with E-state index in [-0.39, 0.29) is 24.0 Å². The van der Waals surface area contributed by atoms with Gasteiger partial charge in [0.2, 0.25) is 0 Å². The second-order valence-electron chi connectivity index (χ2n) is 9.30. The van der Waals surface area contributed by atoms with Gasteiger partial charge in [-0.05, 0) is 68.6 Å². The number of nitro benzene ring substituents is 1. The van der Waals surface area contributed by atoms with E-state index in [2.05, 4.69) is 0 Å². The minimum Gasteiger partial charge on any atom is -0.489 e. The summed E-state index contributed by atoms with van der Waals surface area (Å²) in [7, 11) is -0.374. The third-order valence-electron chi connectivity index (χ3n) is 6.29. The Kier molecular flexibility index (Phi) is 6.64. The van der Waals surface area contributed by atoms with E-state index in [4.69, 9.17) is 18.8 Å². The van der Waals surface area contributed by atoms with Crippen LogP contribution >= 0.6 is 0 Å². The lowest BCUT2D eigenvalue weighted by Gasteiger charge is -2.32. The highest BCUT2D eigenvalue weighted by atomic mass is 16.7. The minimum absolute atomic E-state index is 0.0385. The molecule has 4 rings (SSSR count). The smallest absolute Gasteiger partial charge is 0.489 e. The Balaban J connectivity index is 1.27. The first-order valence-corrected chi connectivity index (χ1v) is 11.2. The maximum Gasteiger partial charge on any atom is 0.494 e. The average Bonchev–Trinajstić information content (AvgIpc) is 3.04. The summed E-state index contributed by atoms with van der Waals surface area (Å²) in [6.45, 7) is 8.98. The van der Waals surface area contributed by atoms with Crippen LogP contribution in [0.3, 0.4) is 0 Å². The number of hydrogen-bond acceptors (Lipinski definition) is 6. The van der Waals surface area contributed by atoms with Gasteiger partial charge in [0.15, 0.2) is 0 Å². The van der Waals surface area contributed by atoms with Crippen LogP contribution < -0.4 is 14.9 Å². The third-order valence-corrected chi connectivity index (χ3v) is 6.29. The molecule has 3 aromatic carbocycles. The zero-order chi connectivity index (χ0) is 24.3. The number of rotatable bonds is 8. The molecule has 0 saturated carbocycles. The van der Waals surface area contributed by atoms with Crippen LogP contribution in [0.2, 0.25) is 0 Å². The van der Waals surface area contributed by atoms with Gasteiger partial charge in [0, 0.05) is 12.1 Å². The standard InChI is InChI=1S/C26H28BNO6/c1-25(2)26(3,4)34-27(33-25)21-9-5-19(6-10-21)17-31-23-13-7-20(8-14-23)18-32-24-15-11-22(12-16-24)28(29)30/h5-16H,17-18H2,1-4H3. The number of benzene rings is 3. The summed E-state index contributed by atoms with van der Waals surface area (Å²) in [5.74, 6) is 1.34. The summed E-state index contributed by atoms with van der Waals surface area (Å²) >= 11 is 0. The molecule has 1 aliphatic rings. The van der Waals surface area contributed by atoms with Crippen LogP contribution in [0.5, 0.6) is 11.5 Å². The Morgan fingerprint density at radius 3 is 1.59 bits per heavy atom. The van der Waals surface area contributed by atoms with Crippen molar-refractivity contribution in [3.8, 4) is 11.5 Å². The highest BCUT2D eigenvalue weighted by Gasteiger charge is 2.51. The van der Waals surface area contributed by atoms with E-state index in [1.165, 1.54) is 12.1 Å². The fraction of sp³-hybridized carbons (Fsp3) is 0.308. The Hall–Kier alpha value is -3.36. The summed E-state index contributed by atoms with van der Waals surface area (Å²) < 4.78 is 23.8. The lowest BCUT2D eigenvalue weighted by molar-refractivity contribution is -0.384. The van der Waals surface area contributed by atoms with Gasteiger partial charge in [-0.3, -0.25) is 10.1 Å². The monoisotopic (exact) mass is 461 g/mol. The van der Waals surface area contributed by atoms with Crippen LogP contribution in [0.15, 0.2) is 72.8 Å². The lowest BCUT2D eigenvalue weighted by Crippen LogP contribution is -2.41. The SMILES string of the molecule is CC1(C)OB(c2ccc(COc3ccc(COc4ccc([N+](=O)[O-])cc4)cc3)cc2)OC1(C)C. The van der Waals surface area contributed by atoms with E-state index in [9.17, 15) is 10.1 Å². The van der Waals surface area contributed by atoms with Gasteiger partial charge in [0.05, 0.1) is 16.1 Å². The molecule has 0 radical (unpaired) electrons. The Bertz CT molecular complexity index is 1110. The van der Waals surface area contributed by atoms with Crippen molar-refractivity contribution in [2.75, 3.05) is 0 Å². The molecule has 1 aliphatic heterocycles. The summed E-state index contributed by atoms with van der Waals surface area (Å²) in [6.07, 6.45) is 0. The van der Waals surface area contributed by atoms with Crippen LogP contribution in [0, 0.1) is 10.1 Å². The Morgan fingerprint density at radius 2 is 1.15 bits per heavy atom. The normalized spacial score (nSPS) is 16.3. The maximum atomic E-state index is 10.7. The molecule has 0 bridgehead atoms. The van der Waals surface area contributed by atoms with E-state index >= 15 is 0 Å². The van der Waals surface area contributed by atoms with Gasteiger partial charge in [-0.25, -0.2) is 0 Å². The minimum atomic E-state index is -0.434. The molecular formula is C26H28BNO6. The predicted octanol–water partition coefficient (Wildman–Crippen LogP) is 5.05. The Labute approximate surface area is 199 Å². The lowest BCUT2D eigenvalue weighted by atomic mass is 9.79. The summed E-state index contributed by atoms with van der Waals surface area (Å²) in [6, 6.07) is 21.8. The topological polar surface area (TPSA) is 80.1 Å². The molecule has 0 amide bonds. The molecule has 1 saturated heterocycles. The van der Waals surface area contributed by atoms with E-state index in [0.29, 0.717) is 19.0 Å². The van der Waals surface area contributed by atoms with Crippen molar-refractivity contribution < 1.29 is 23.7 Å². The largest absolute Gasteiger partial charge is 0.494 e. The van der Waals surface area contributed by atoms with Crippen LogP contribution in [-0.2, 0) is 22.5 Å². The molecule has 1 heterocycles. The molecule has 34 heavy (non-hydrogen) atoms. The molecule has 0 aliphatic carbocycles. The van der Waals surface area contributed by atoms with Gasteiger partial charge in [-0.1, -0.05) is 36.4 Å². The second kappa shape index (κ2) is 9.48. The van der Waals surface area contributed by atoms with Gasteiger partial charge >= 0.3 is 7.12 Å². The predicted molar refractivity (Wildman–Crippen MR) is 130 cm³/mol. The number of hydrogen-bond donors (Lipinski definition) is 0. The number of nitrogens with zero attached hydrogens (tertiary/aromatic N) is 1. The molecule has 0 spiro atoms. The van der Waals surface area contributed by atoms with Crippen molar-refractivity contribution in [1.82, 2.24) is 0 Å². The van der Waals surface area contributed by atoms with Gasteiger partial charge < -0.3 is 18.8 Å².